The number of esters is 1. The molecule has 2 atom stereocenters. The Morgan fingerprint density at radius 3 is 2.50 bits per heavy atom. The van der Waals surface area contributed by atoms with Gasteiger partial charge in [-0.2, -0.15) is 0 Å². The highest BCUT2D eigenvalue weighted by atomic mass is 16.5. The molecule has 2 aliphatic carbocycles. The molecule has 0 spiro atoms. The Bertz CT molecular complexity index is 1820. The van der Waals surface area contributed by atoms with Crippen molar-refractivity contribution in [3.05, 3.63) is 89.0 Å². The molecule has 7 heteroatoms. The van der Waals surface area contributed by atoms with Crippen molar-refractivity contribution in [2.45, 2.75) is 75.9 Å². The highest BCUT2D eigenvalue weighted by Crippen LogP contribution is 2.47. The largest absolute Gasteiger partial charge is 0.465 e. The normalized spacial score (nSPS) is 23.2. The van der Waals surface area contributed by atoms with E-state index >= 15 is 0 Å². The predicted octanol–water partition coefficient (Wildman–Crippen LogP) is 6.87. The molecule has 3 aromatic rings. The second-order valence-electron chi connectivity index (χ2n) is 13.6. The van der Waals surface area contributed by atoms with Gasteiger partial charge in [0.2, 0.25) is 5.91 Å². The van der Waals surface area contributed by atoms with Gasteiger partial charge in [-0.25, -0.2) is 4.79 Å². The molecule has 0 N–H and O–H groups in total. The van der Waals surface area contributed by atoms with E-state index in [4.69, 9.17) is 4.74 Å². The third kappa shape index (κ3) is 4.83. The number of likely N-dealkylation sites (tertiary alicyclic amines) is 2. The van der Waals surface area contributed by atoms with Crippen molar-refractivity contribution in [3.63, 3.8) is 0 Å². The molecule has 4 heterocycles. The van der Waals surface area contributed by atoms with E-state index in [1.54, 1.807) is 0 Å². The zero-order valence-electron chi connectivity index (χ0n) is 26.5. The van der Waals surface area contributed by atoms with Crippen LogP contribution in [0.15, 0.2) is 72.3 Å². The SMILES string of the molecule is COC(=O)c1ccc2c(C3CCCCC3)c3n(c2c1)CC(C(=O)N1CCC(N2C(=O)CC4C=CC=CC42)CC1)=Cc1ccccc1-3. The molecule has 1 aromatic heterocycles. The summed E-state index contributed by atoms with van der Waals surface area (Å²) >= 11 is 0. The Hall–Kier alpha value is -4.39. The summed E-state index contributed by atoms with van der Waals surface area (Å²) in [5, 5.41) is 1.17. The number of ether oxygens (including phenoxy) is 1. The van der Waals surface area contributed by atoms with Crippen LogP contribution in [0.2, 0.25) is 0 Å². The summed E-state index contributed by atoms with van der Waals surface area (Å²) < 4.78 is 7.39. The monoisotopic (exact) mass is 615 g/mol. The minimum absolute atomic E-state index is 0.0532. The van der Waals surface area contributed by atoms with Crippen LogP contribution in [0.5, 0.6) is 0 Å². The standard InChI is InChI=1S/C39H41N3O4/c1-46-39(45)28-15-16-32-34(22-28)41-24-29(21-26-11-5-7-13-31(26)37(41)36(32)25-9-3-2-4-10-25)38(44)40-19-17-30(18-20-40)42-33-14-8-6-12-27(33)23-35(42)43/h5-8,11-16,21-22,25,27,30,33H,2-4,9-10,17-20,23-24H2,1H3. The molecule has 7 nitrogen and oxygen atoms in total. The first-order valence-electron chi connectivity index (χ1n) is 17.0. The maximum atomic E-state index is 14.4. The van der Waals surface area contributed by atoms with Gasteiger partial charge < -0.3 is 19.1 Å². The van der Waals surface area contributed by atoms with Crippen LogP contribution in [0.3, 0.4) is 0 Å². The second-order valence-corrected chi connectivity index (χ2v) is 13.6. The topological polar surface area (TPSA) is 71.8 Å². The lowest BCUT2D eigenvalue weighted by atomic mass is 9.81. The number of fused-ring (bicyclic) bond motifs is 6. The summed E-state index contributed by atoms with van der Waals surface area (Å²) in [6.07, 6.45) is 18.6. The number of aromatic nitrogens is 1. The molecule has 5 aliphatic rings. The van der Waals surface area contributed by atoms with Gasteiger partial charge in [-0.3, -0.25) is 9.59 Å². The van der Waals surface area contributed by atoms with E-state index in [0.29, 0.717) is 37.5 Å². The average molecular weight is 616 g/mol. The molecule has 0 bridgehead atoms. The number of hydrogen-bond acceptors (Lipinski definition) is 4. The Morgan fingerprint density at radius 1 is 0.913 bits per heavy atom. The molecule has 2 saturated heterocycles. The maximum absolute atomic E-state index is 14.4. The lowest BCUT2D eigenvalue weighted by Crippen LogP contribution is -2.50. The number of methoxy groups -OCH3 is 1. The summed E-state index contributed by atoms with van der Waals surface area (Å²) in [5.41, 5.74) is 6.96. The Kier molecular flexibility index (Phi) is 7.42. The molecular formula is C39H41N3O4. The van der Waals surface area contributed by atoms with Crippen molar-refractivity contribution < 1.29 is 19.1 Å². The van der Waals surface area contributed by atoms with Crippen molar-refractivity contribution in [1.82, 2.24) is 14.4 Å². The number of benzene rings is 2. The van der Waals surface area contributed by atoms with Gasteiger partial charge in [0.05, 0.1) is 31.0 Å². The molecule has 0 radical (unpaired) electrons. The smallest absolute Gasteiger partial charge is 0.337 e. The number of piperidine rings is 1. The number of hydrogen-bond donors (Lipinski definition) is 0. The minimum Gasteiger partial charge on any atom is -0.465 e. The van der Waals surface area contributed by atoms with Crippen LogP contribution in [0.4, 0.5) is 0 Å². The number of nitrogens with zero attached hydrogens (tertiary/aromatic N) is 3. The van der Waals surface area contributed by atoms with Crippen molar-refractivity contribution in [3.8, 4) is 11.3 Å². The quantitative estimate of drug-likeness (QED) is 0.300. The summed E-state index contributed by atoms with van der Waals surface area (Å²) in [6.45, 7) is 1.69. The molecule has 3 fully saturated rings. The number of carbonyl (C=O) groups is 3. The van der Waals surface area contributed by atoms with Crippen LogP contribution in [0.25, 0.3) is 28.2 Å². The van der Waals surface area contributed by atoms with Crippen molar-refractivity contribution in [2.24, 2.45) is 5.92 Å². The third-order valence-corrected chi connectivity index (χ3v) is 11.1. The predicted molar refractivity (Wildman–Crippen MR) is 179 cm³/mol. The first kappa shape index (κ1) is 29.0. The summed E-state index contributed by atoms with van der Waals surface area (Å²) in [4.78, 5) is 44.1. The second kappa shape index (κ2) is 11.8. The van der Waals surface area contributed by atoms with Gasteiger partial charge in [0, 0.05) is 53.5 Å². The number of carbonyl (C=O) groups excluding carboxylic acids is 3. The molecule has 2 amide bonds. The van der Waals surface area contributed by atoms with E-state index in [-0.39, 0.29) is 35.8 Å². The van der Waals surface area contributed by atoms with Crippen molar-refractivity contribution >= 4 is 34.8 Å². The van der Waals surface area contributed by atoms with E-state index in [1.807, 2.05) is 29.2 Å². The zero-order valence-corrected chi connectivity index (χ0v) is 26.5. The molecule has 1 saturated carbocycles. The minimum atomic E-state index is -0.358. The van der Waals surface area contributed by atoms with E-state index < -0.39 is 0 Å². The van der Waals surface area contributed by atoms with Crippen LogP contribution in [0, 0.1) is 5.92 Å². The summed E-state index contributed by atoms with van der Waals surface area (Å²) in [7, 11) is 1.42. The highest BCUT2D eigenvalue weighted by Gasteiger charge is 2.42. The van der Waals surface area contributed by atoms with Gasteiger partial charge in [0.1, 0.15) is 0 Å². The van der Waals surface area contributed by atoms with Gasteiger partial charge >= 0.3 is 5.97 Å². The molecule has 2 aromatic carbocycles. The van der Waals surface area contributed by atoms with Gasteiger partial charge in [-0.1, -0.05) is 73.9 Å². The Morgan fingerprint density at radius 2 is 1.70 bits per heavy atom. The fraction of sp³-hybridized carbons (Fsp3) is 0.410. The molecule has 3 aliphatic heterocycles. The van der Waals surface area contributed by atoms with Gasteiger partial charge in [-0.05, 0) is 60.9 Å². The van der Waals surface area contributed by atoms with Crippen LogP contribution in [-0.2, 0) is 20.9 Å². The van der Waals surface area contributed by atoms with E-state index in [9.17, 15) is 14.4 Å². The van der Waals surface area contributed by atoms with Crippen LogP contribution >= 0.6 is 0 Å². The molecule has 8 rings (SSSR count). The fourth-order valence-corrected chi connectivity index (χ4v) is 8.85. The number of amides is 2. The maximum Gasteiger partial charge on any atom is 0.337 e. The van der Waals surface area contributed by atoms with Crippen molar-refractivity contribution in [2.75, 3.05) is 20.2 Å². The fourth-order valence-electron chi connectivity index (χ4n) is 8.85. The third-order valence-electron chi connectivity index (χ3n) is 11.1. The highest BCUT2D eigenvalue weighted by molar-refractivity contribution is 6.03. The van der Waals surface area contributed by atoms with Gasteiger partial charge in [0.25, 0.3) is 5.91 Å². The van der Waals surface area contributed by atoms with Gasteiger partial charge in [-0.15, -0.1) is 0 Å². The lowest BCUT2D eigenvalue weighted by molar-refractivity contribution is -0.133. The molecule has 2 unspecified atom stereocenters. The Balaban J connectivity index is 1.14. The van der Waals surface area contributed by atoms with Crippen LogP contribution < -0.4 is 0 Å². The zero-order chi connectivity index (χ0) is 31.4. The van der Waals surface area contributed by atoms with E-state index in [0.717, 1.165) is 47.9 Å². The average Bonchev–Trinajstić information content (AvgIpc) is 3.54. The lowest BCUT2D eigenvalue weighted by Gasteiger charge is -2.40. The number of rotatable bonds is 4. The molecular weight excluding hydrogens is 574 g/mol. The molecule has 236 valence electrons. The van der Waals surface area contributed by atoms with Crippen molar-refractivity contribution in [1.29, 1.82) is 0 Å². The van der Waals surface area contributed by atoms with Crippen LogP contribution in [-0.4, -0.2) is 64.4 Å². The van der Waals surface area contributed by atoms with E-state index in [2.05, 4.69) is 58.0 Å². The summed E-state index contributed by atoms with van der Waals surface area (Å²) in [5.74, 6) is 0.617. The van der Waals surface area contributed by atoms with Gasteiger partial charge in [0.15, 0.2) is 0 Å². The van der Waals surface area contributed by atoms with E-state index in [1.165, 1.54) is 43.0 Å². The first-order valence-corrected chi connectivity index (χ1v) is 17.0. The summed E-state index contributed by atoms with van der Waals surface area (Å²) in [6, 6.07) is 14.6. The first-order chi connectivity index (χ1) is 22.5. The van der Waals surface area contributed by atoms with Crippen LogP contribution in [0.1, 0.15) is 78.8 Å². The Labute approximate surface area is 270 Å². The number of allylic oxidation sites excluding steroid dienone is 2. The molecule has 46 heavy (non-hydrogen) atoms.